The fourth-order valence-electron chi connectivity index (χ4n) is 4.29. The van der Waals surface area contributed by atoms with Gasteiger partial charge in [0, 0.05) is 42.0 Å². The van der Waals surface area contributed by atoms with Crippen molar-refractivity contribution >= 4 is 28.6 Å². The number of rotatable bonds is 10. The molecule has 4 rings (SSSR count). The first-order chi connectivity index (χ1) is 15.2. The van der Waals surface area contributed by atoms with Crippen LogP contribution in [-0.4, -0.2) is 52.4 Å². The Morgan fingerprint density at radius 2 is 2.19 bits per heavy atom. The number of amides is 1. The Morgan fingerprint density at radius 1 is 1.38 bits per heavy atom. The quantitative estimate of drug-likeness (QED) is 0.547. The first-order valence-electron chi connectivity index (χ1n) is 11.2. The average molecular weight is 485 g/mol. The van der Waals surface area contributed by atoms with Gasteiger partial charge in [-0.2, -0.15) is 0 Å². The summed E-state index contributed by atoms with van der Waals surface area (Å²) in [7, 11) is 0. The van der Waals surface area contributed by atoms with Gasteiger partial charge in [-0.05, 0) is 51.5 Å². The molecule has 2 aliphatic rings. The largest absolute Gasteiger partial charge is 0.464 e. The van der Waals surface area contributed by atoms with Gasteiger partial charge in [-0.15, -0.1) is 11.3 Å². The van der Waals surface area contributed by atoms with Gasteiger partial charge < -0.3 is 10.1 Å². The van der Waals surface area contributed by atoms with E-state index >= 15 is 0 Å². The molecule has 1 amide bonds. The second kappa shape index (κ2) is 10.1. The number of carbonyl (C=O) groups excluding carboxylic acids is 1. The summed E-state index contributed by atoms with van der Waals surface area (Å²) in [5.74, 6) is -2.07. The molecule has 6 nitrogen and oxygen atoms in total. The minimum Gasteiger partial charge on any atom is -0.464 e. The van der Waals surface area contributed by atoms with Gasteiger partial charge >= 0.3 is 0 Å². The van der Waals surface area contributed by atoms with Crippen molar-refractivity contribution in [1.29, 1.82) is 0 Å². The van der Waals surface area contributed by atoms with E-state index in [2.05, 4.69) is 20.2 Å². The maximum Gasteiger partial charge on any atom is 0.278 e. The molecule has 2 aromatic heterocycles. The molecule has 0 atom stereocenters. The van der Waals surface area contributed by atoms with Crippen LogP contribution in [0.25, 0.3) is 0 Å². The number of halogens is 2. The number of aromatic nitrogens is 2. The molecule has 1 saturated carbocycles. The van der Waals surface area contributed by atoms with Gasteiger partial charge in [0.05, 0.1) is 17.1 Å². The fourth-order valence-corrected chi connectivity index (χ4v) is 5.99. The maximum absolute atomic E-state index is 13.0. The number of hydrogen-bond acceptors (Lipinski definition) is 7. The van der Waals surface area contributed by atoms with Crippen molar-refractivity contribution < 1.29 is 18.3 Å². The van der Waals surface area contributed by atoms with Crippen LogP contribution in [-0.2, 0) is 24.2 Å². The van der Waals surface area contributed by atoms with Gasteiger partial charge in [-0.25, -0.2) is 18.7 Å². The number of fused-ring (bicyclic) bond motifs is 1. The predicted molar refractivity (Wildman–Crippen MR) is 122 cm³/mol. The highest BCUT2D eigenvalue weighted by Gasteiger charge is 2.30. The van der Waals surface area contributed by atoms with E-state index in [4.69, 9.17) is 4.74 Å². The topological polar surface area (TPSA) is 67.4 Å². The Bertz CT molecular complexity index is 921. The van der Waals surface area contributed by atoms with Crippen LogP contribution in [0.15, 0.2) is 6.20 Å². The SMILES string of the molecule is Cc1ncc(CC(=O)N[C@H]2C[C@H](CCCN3CCc4sc(OCC(C)(F)F)nc4C3)C2)s1. The molecule has 10 heteroatoms. The standard InChI is InChI=1S/C22H30F2N4O2S2/c1-14-25-11-17(31-14)10-20(29)26-16-8-15(9-16)4-3-6-28-7-5-19-18(12-28)27-21(32-19)30-13-22(2,23)24/h11,15-16H,3-10,12-13H2,1-2H3,(H,26,29)/t15-,16-. The lowest BCUT2D eigenvalue weighted by Gasteiger charge is -2.36. The second-order valence-electron chi connectivity index (χ2n) is 9.00. The lowest BCUT2D eigenvalue weighted by molar-refractivity contribution is -0.122. The summed E-state index contributed by atoms with van der Waals surface area (Å²) in [4.78, 5) is 25.3. The van der Waals surface area contributed by atoms with E-state index in [1.165, 1.54) is 17.8 Å². The zero-order chi connectivity index (χ0) is 22.7. The zero-order valence-electron chi connectivity index (χ0n) is 18.5. The van der Waals surface area contributed by atoms with Crippen LogP contribution in [0.2, 0.25) is 0 Å². The maximum atomic E-state index is 13.0. The van der Waals surface area contributed by atoms with Crippen LogP contribution in [0.5, 0.6) is 5.19 Å². The van der Waals surface area contributed by atoms with Crippen LogP contribution in [0.4, 0.5) is 8.78 Å². The minimum atomic E-state index is -2.85. The molecule has 32 heavy (non-hydrogen) atoms. The Labute approximate surface area is 195 Å². The van der Waals surface area contributed by atoms with E-state index in [9.17, 15) is 13.6 Å². The average Bonchev–Trinajstić information content (AvgIpc) is 3.28. The molecular weight excluding hydrogens is 454 g/mol. The fraction of sp³-hybridized carbons (Fsp3) is 0.682. The predicted octanol–water partition coefficient (Wildman–Crippen LogP) is 4.22. The number of aryl methyl sites for hydroxylation is 1. The monoisotopic (exact) mass is 484 g/mol. The number of hydrogen-bond donors (Lipinski definition) is 1. The molecule has 3 heterocycles. The van der Waals surface area contributed by atoms with E-state index < -0.39 is 12.5 Å². The Morgan fingerprint density at radius 3 is 2.91 bits per heavy atom. The van der Waals surface area contributed by atoms with Gasteiger partial charge in [0.1, 0.15) is 0 Å². The Hall–Kier alpha value is -1.65. The molecule has 0 saturated heterocycles. The molecule has 1 aliphatic heterocycles. The lowest BCUT2D eigenvalue weighted by atomic mass is 9.77. The molecule has 0 unspecified atom stereocenters. The van der Waals surface area contributed by atoms with Crippen LogP contribution in [0.3, 0.4) is 0 Å². The van der Waals surface area contributed by atoms with E-state index in [-0.39, 0.29) is 5.91 Å². The first kappa shape index (κ1) is 23.5. The van der Waals surface area contributed by atoms with Crippen molar-refractivity contribution in [3.05, 3.63) is 26.7 Å². The zero-order valence-corrected chi connectivity index (χ0v) is 20.2. The van der Waals surface area contributed by atoms with E-state index in [0.29, 0.717) is 23.6 Å². The van der Waals surface area contributed by atoms with Crippen molar-refractivity contribution in [2.75, 3.05) is 19.7 Å². The van der Waals surface area contributed by atoms with Gasteiger partial charge in [-0.1, -0.05) is 11.3 Å². The first-order valence-corrected chi connectivity index (χ1v) is 12.8. The highest BCUT2D eigenvalue weighted by Crippen LogP contribution is 2.33. The summed E-state index contributed by atoms with van der Waals surface area (Å²) in [5, 5.41) is 4.49. The third-order valence-electron chi connectivity index (χ3n) is 5.93. The van der Waals surface area contributed by atoms with Crippen molar-refractivity contribution in [2.24, 2.45) is 5.92 Å². The van der Waals surface area contributed by atoms with Crippen molar-refractivity contribution in [2.45, 2.75) is 70.9 Å². The van der Waals surface area contributed by atoms with Crippen LogP contribution < -0.4 is 10.1 Å². The number of carbonyl (C=O) groups is 1. The summed E-state index contributed by atoms with van der Waals surface area (Å²) in [6, 6.07) is 0.308. The molecule has 0 aromatic carbocycles. The van der Waals surface area contributed by atoms with Crippen molar-refractivity contribution in [3.8, 4) is 5.19 Å². The highest BCUT2D eigenvalue weighted by molar-refractivity contribution is 7.13. The number of nitrogens with one attached hydrogen (secondary N) is 1. The molecule has 0 bridgehead atoms. The Balaban J connectivity index is 1.10. The molecule has 176 valence electrons. The van der Waals surface area contributed by atoms with E-state index in [1.54, 1.807) is 17.5 Å². The smallest absolute Gasteiger partial charge is 0.278 e. The van der Waals surface area contributed by atoms with Crippen molar-refractivity contribution in [3.63, 3.8) is 0 Å². The van der Waals surface area contributed by atoms with Crippen LogP contribution in [0.1, 0.15) is 53.1 Å². The van der Waals surface area contributed by atoms with E-state index in [0.717, 1.165) is 72.7 Å². The lowest BCUT2D eigenvalue weighted by Crippen LogP contribution is -2.45. The van der Waals surface area contributed by atoms with Crippen LogP contribution >= 0.6 is 22.7 Å². The van der Waals surface area contributed by atoms with Gasteiger partial charge in [0.15, 0.2) is 6.61 Å². The molecule has 0 radical (unpaired) electrons. The Kier molecular flexibility index (Phi) is 7.41. The molecular formula is C22H30F2N4O2S2. The summed E-state index contributed by atoms with van der Waals surface area (Å²) >= 11 is 2.97. The third kappa shape index (κ3) is 6.68. The minimum absolute atomic E-state index is 0.0930. The number of ether oxygens (including phenoxy) is 1. The summed E-state index contributed by atoms with van der Waals surface area (Å²) in [6.45, 7) is 4.92. The van der Waals surface area contributed by atoms with Crippen molar-refractivity contribution in [1.82, 2.24) is 20.2 Å². The van der Waals surface area contributed by atoms with Gasteiger partial charge in [0.25, 0.3) is 11.1 Å². The molecule has 1 N–H and O–H groups in total. The summed E-state index contributed by atoms with van der Waals surface area (Å²) in [6.07, 6.45) is 7.52. The highest BCUT2D eigenvalue weighted by atomic mass is 32.1. The number of alkyl halides is 2. The third-order valence-corrected chi connectivity index (χ3v) is 7.91. The molecule has 1 aliphatic carbocycles. The number of thiazole rings is 2. The number of nitrogens with zero attached hydrogens (tertiary/aromatic N) is 3. The second-order valence-corrected chi connectivity index (χ2v) is 11.4. The van der Waals surface area contributed by atoms with E-state index in [1.807, 2.05) is 6.92 Å². The molecule has 1 fully saturated rings. The normalized spacial score (nSPS) is 21.1. The molecule has 2 aromatic rings. The van der Waals surface area contributed by atoms with Crippen LogP contribution in [0, 0.1) is 12.8 Å². The molecule has 0 spiro atoms. The summed E-state index contributed by atoms with van der Waals surface area (Å²) in [5.41, 5.74) is 0.971. The van der Waals surface area contributed by atoms with Gasteiger partial charge in [-0.3, -0.25) is 9.69 Å². The van der Waals surface area contributed by atoms with Gasteiger partial charge in [0.2, 0.25) is 5.91 Å². The summed E-state index contributed by atoms with van der Waals surface area (Å²) < 4.78 is 31.1.